The molecule has 0 aliphatic heterocycles. The molecular formula is C16H12N5O3S-. The highest BCUT2D eigenvalue weighted by Gasteiger charge is 2.20. The molecule has 1 aromatic carbocycles. The second-order valence-electron chi connectivity index (χ2n) is 5.05. The minimum atomic E-state index is -0.542. The molecule has 3 rings (SSSR count). The molecule has 0 aliphatic rings. The number of aliphatic imine (C=N–C) groups is 1. The van der Waals surface area contributed by atoms with Gasteiger partial charge in [-0.15, -0.1) is 0 Å². The number of para-hydroxylation sites is 1. The summed E-state index contributed by atoms with van der Waals surface area (Å²) in [6.07, 6.45) is 1.44. The van der Waals surface area contributed by atoms with Gasteiger partial charge in [0.05, 0.1) is 35.2 Å². The Kier molecular flexibility index (Phi) is 4.45. The summed E-state index contributed by atoms with van der Waals surface area (Å²) in [5.74, 6) is -1.02. The lowest BCUT2D eigenvalue weighted by atomic mass is 10.1. The van der Waals surface area contributed by atoms with Gasteiger partial charge in [0.25, 0.3) is 0 Å². The molecule has 0 saturated heterocycles. The SMILES string of the molecule is COC(=O)Cc1nn(-c2nc3ccccc3s2)c([O-])c1C(C)=NC#N. The van der Waals surface area contributed by atoms with Crippen molar-refractivity contribution in [1.82, 2.24) is 14.8 Å². The number of benzene rings is 1. The molecule has 0 aliphatic carbocycles. The van der Waals surface area contributed by atoms with Crippen molar-refractivity contribution in [2.24, 2.45) is 4.99 Å². The first-order valence-electron chi connectivity index (χ1n) is 7.20. The van der Waals surface area contributed by atoms with Crippen molar-refractivity contribution in [3.05, 3.63) is 35.5 Å². The van der Waals surface area contributed by atoms with Crippen LogP contribution in [0.25, 0.3) is 15.3 Å². The normalized spacial score (nSPS) is 11.5. The maximum atomic E-state index is 12.8. The second kappa shape index (κ2) is 6.70. The van der Waals surface area contributed by atoms with E-state index in [4.69, 9.17) is 5.26 Å². The Morgan fingerprint density at radius 2 is 2.24 bits per heavy atom. The van der Waals surface area contributed by atoms with Crippen LogP contribution in [0.5, 0.6) is 5.88 Å². The number of hydrogen-bond acceptors (Lipinski definition) is 8. The van der Waals surface area contributed by atoms with E-state index in [2.05, 4.69) is 19.8 Å². The molecule has 25 heavy (non-hydrogen) atoms. The van der Waals surface area contributed by atoms with Gasteiger partial charge in [-0.3, -0.25) is 4.79 Å². The van der Waals surface area contributed by atoms with Crippen LogP contribution in [0.2, 0.25) is 0 Å². The van der Waals surface area contributed by atoms with Gasteiger partial charge in [0, 0.05) is 11.4 Å². The smallest absolute Gasteiger partial charge is 0.311 e. The lowest BCUT2D eigenvalue weighted by Crippen LogP contribution is -2.09. The summed E-state index contributed by atoms with van der Waals surface area (Å²) in [5.41, 5.74) is 1.26. The number of aromatic nitrogens is 3. The minimum Gasteiger partial charge on any atom is -0.858 e. The molecule has 0 radical (unpaired) electrons. The van der Waals surface area contributed by atoms with Crippen molar-refractivity contribution in [3.8, 4) is 17.2 Å². The van der Waals surface area contributed by atoms with Crippen LogP contribution in [-0.2, 0) is 16.0 Å². The van der Waals surface area contributed by atoms with E-state index in [0.29, 0.717) is 5.13 Å². The van der Waals surface area contributed by atoms with Crippen molar-refractivity contribution in [2.75, 3.05) is 7.11 Å². The number of hydrogen-bond donors (Lipinski definition) is 0. The summed E-state index contributed by atoms with van der Waals surface area (Å²) in [5, 5.41) is 26.1. The lowest BCUT2D eigenvalue weighted by molar-refractivity contribution is -0.278. The van der Waals surface area contributed by atoms with Gasteiger partial charge >= 0.3 is 5.97 Å². The zero-order valence-corrected chi connectivity index (χ0v) is 14.2. The maximum absolute atomic E-state index is 12.8. The van der Waals surface area contributed by atoms with Gasteiger partial charge in [0.2, 0.25) is 11.3 Å². The topological polar surface area (TPSA) is 116 Å². The summed E-state index contributed by atoms with van der Waals surface area (Å²) >= 11 is 1.30. The molecule has 3 aromatic rings. The molecule has 0 N–H and O–H groups in total. The standard InChI is InChI=1S/C16H13N5O3S/c1-9(18-8-17)14-11(7-13(22)24-2)20-21(15(14)23)16-19-10-5-3-4-6-12(10)25-16/h3-6,23H,7H2,1-2H3/p-1. The average Bonchev–Trinajstić information content (AvgIpc) is 3.15. The van der Waals surface area contributed by atoms with Crippen LogP contribution < -0.4 is 5.11 Å². The van der Waals surface area contributed by atoms with Gasteiger partial charge in [0.15, 0.2) is 0 Å². The van der Waals surface area contributed by atoms with Gasteiger partial charge in [-0.25, -0.2) is 9.67 Å². The molecule has 0 amide bonds. The summed E-state index contributed by atoms with van der Waals surface area (Å²) in [4.78, 5) is 19.6. The Morgan fingerprint density at radius 3 is 2.92 bits per heavy atom. The van der Waals surface area contributed by atoms with E-state index in [9.17, 15) is 9.90 Å². The van der Waals surface area contributed by atoms with Crippen molar-refractivity contribution >= 4 is 33.2 Å². The largest absolute Gasteiger partial charge is 0.858 e. The molecule has 0 saturated carbocycles. The third-order valence-electron chi connectivity index (χ3n) is 3.50. The molecule has 9 heteroatoms. The zero-order chi connectivity index (χ0) is 18.0. The average molecular weight is 354 g/mol. The summed E-state index contributed by atoms with van der Waals surface area (Å²) in [6, 6.07) is 7.46. The summed E-state index contributed by atoms with van der Waals surface area (Å²) in [7, 11) is 1.25. The molecular weight excluding hydrogens is 342 g/mol. The molecule has 8 nitrogen and oxygen atoms in total. The number of thiazole rings is 1. The van der Waals surface area contributed by atoms with Crippen LogP contribution in [0.15, 0.2) is 29.3 Å². The maximum Gasteiger partial charge on any atom is 0.311 e. The van der Waals surface area contributed by atoms with Crippen molar-refractivity contribution < 1.29 is 14.6 Å². The lowest BCUT2D eigenvalue weighted by Gasteiger charge is -2.10. The van der Waals surface area contributed by atoms with E-state index >= 15 is 0 Å². The van der Waals surface area contributed by atoms with Gasteiger partial charge in [0.1, 0.15) is 0 Å². The number of rotatable bonds is 4. The first-order valence-corrected chi connectivity index (χ1v) is 8.02. The molecule has 0 bridgehead atoms. The summed E-state index contributed by atoms with van der Waals surface area (Å²) in [6.45, 7) is 1.52. The fourth-order valence-corrected chi connectivity index (χ4v) is 3.27. The van der Waals surface area contributed by atoms with Crippen molar-refractivity contribution in [3.63, 3.8) is 0 Å². The Balaban J connectivity index is 2.17. The number of carbonyl (C=O) groups is 1. The minimum absolute atomic E-state index is 0.117. The predicted octanol–water partition coefficient (Wildman–Crippen LogP) is 1.56. The first kappa shape index (κ1) is 16.6. The second-order valence-corrected chi connectivity index (χ2v) is 6.06. The number of ether oxygens (including phenoxy) is 1. The fraction of sp³-hybridized carbons (Fsp3) is 0.188. The molecule has 0 unspecified atom stereocenters. The van der Waals surface area contributed by atoms with Crippen molar-refractivity contribution in [2.45, 2.75) is 13.3 Å². The molecule has 0 atom stereocenters. The Hall–Kier alpha value is -3.25. The highest BCUT2D eigenvalue weighted by atomic mass is 32.1. The van der Waals surface area contributed by atoms with Crippen LogP contribution in [0.4, 0.5) is 0 Å². The molecule has 2 aromatic heterocycles. The van der Waals surface area contributed by atoms with Gasteiger partial charge in [-0.1, -0.05) is 23.5 Å². The van der Waals surface area contributed by atoms with E-state index in [-0.39, 0.29) is 23.4 Å². The van der Waals surface area contributed by atoms with E-state index in [1.165, 1.54) is 25.4 Å². The first-order chi connectivity index (χ1) is 12.0. The predicted molar refractivity (Wildman–Crippen MR) is 89.7 cm³/mol. The number of carbonyl (C=O) groups excluding carboxylic acids is 1. The van der Waals surface area contributed by atoms with E-state index in [1.54, 1.807) is 6.19 Å². The number of esters is 1. The molecule has 2 heterocycles. The van der Waals surface area contributed by atoms with Crippen LogP contribution in [0.3, 0.4) is 0 Å². The summed E-state index contributed by atoms with van der Waals surface area (Å²) < 4.78 is 6.69. The van der Waals surface area contributed by atoms with E-state index < -0.39 is 11.8 Å². The monoisotopic (exact) mass is 354 g/mol. The van der Waals surface area contributed by atoms with Crippen LogP contribution >= 0.6 is 11.3 Å². The fourth-order valence-electron chi connectivity index (χ4n) is 2.35. The molecule has 126 valence electrons. The van der Waals surface area contributed by atoms with Gasteiger partial charge in [-0.05, 0) is 19.1 Å². The highest BCUT2D eigenvalue weighted by Crippen LogP contribution is 2.29. The Morgan fingerprint density at radius 1 is 1.48 bits per heavy atom. The third-order valence-corrected chi connectivity index (χ3v) is 4.51. The third kappa shape index (κ3) is 3.07. The van der Waals surface area contributed by atoms with Crippen LogP contribution in [0.1, 0.15) is 18.2 Å². The van der Waals surface area contributed by atoms with Gasteiger partial charge < -0.3 is 9.84 Å². The van der Waals surface area contributed by atoms with Crippen molar-refractivity contribution in [1.29, 1.82) is 5.26 Å². The van der Waals surface area contributed by atoms with E-state index in [1.807, 2.05) is 24.3 Å². The quantitative estimate of drug-likeness (QED) is 0.399. The Bertz CT molecular complexity index is 995. The van der Waals surface area contributed by atoms with Gasteiger partial charge in [-0.2, -0.15) is 15.4 Å². The van der Waals surface area contributed by atoms with Crippen LogP contribution in [0, 0.1) is 11.5 Å². The number of nitriles is 1. The zero-order valence-electron chi connectivity index (χ0n) is 13.4. The number of fused-ring (bicyclic) bond motifs is 1. The molecule has 0 fully saturated rings. The highest BCUT2D eigenvalue weighted by molar-refractivity contribution is 7.20. The number of methoxy groups -OCH3 is 1. The molecule has 0 spiro atoms. The number of nitrogens with zero attached hydrogens (tertiary/aromatic N) is 5. The van der Waals surface area contributed by atoms with Crippen LogP contribution in [-0.4, -0.2) is 33.6 Å². The van der Waals surface area contributed by atoms with E-state index in [0.717, 1.165) is 14.9 Å². The Labute approximate surface area is 146 Å².